The van der Waals surface area contributed by atoms with Gasteiger partial charge >= 0.3 is 0 Å². The van der Waals surface area contributed by atoms with Crippen molar-refractivity contribution in [1.82, 2.24) is 19.9 Å². The van der Waals surface area contributed by atoms with Gasteiger partial charge in [0.25, 0.3) is 5.92 Å². The topological polar surface area (TPSA) is 45.2 Å². The first-order chi connectivity index (χ1) is 12.1. The number of nitrogens with zero attached hydrogens (tertiary/aromatic N) is 5. The first-order valence-electron chi connectivity index (χ1n) is 8.58. The zero-order valence-electron chi connectivity index (χ0n) is 14.0. The van der Waals surface area contributed by atoms with Gasteiger partial charge in [0.2, 0.25) is 0 Å². The molecule has 0 saturated carbocycles. The van der Waals surface area contributed by atoms with E-state index in [1.54, 1.807) is 31.0 Å². The summed E-state index contributed by atoms with van der Waals surface area (Å²) >= 11 is 0. The summed E-state index contributed by atoms with van der Waals surface area (Å²) in [7, 11) is 0. The van der Waals surface area contributed by atoms with Gasteiger partial charge in [-0.15, -0.1) is 0 Å². The van der Waals surface area contributed by atoms with E-state index in [-0.39, 0.29) is 6.42 Å². The minimum atomic E-state index is -2.66. The molecular formula is C18H21F2N5. The number of hydrogen-bond donors (Lipinski definition) is 0. The second-order valence-corrected chi connectivity index (χ2v) is 7.04. The third kappa shape index (κ3) is 3.08. The van der Waals surface area contributed by atoms with Crippen molar-refractivity contribution in [2.75, 3.05) is 31.1 Å². The summed E-state index contributed by atoms with van der Waals surface area (Å²) in [5.41, 5.74) is 0.0389. The molecule has 2 aromatic heterocycles. The first kappa shape index (κ1) is 16.3. The molecule has 0 amide bonds. The maximum atomic E-state index is 14.9. The molecule has 5 nitrogen and oxygen atoms in total. The number of aromatic nitrogens is 3. The van der Waals surface area contributed by atoms with Crippen molar-refractivity contribution in [3.05, 3.63) is 48.7 Å². The Bertz CT molecular complexity index is 712. The average Bonchev–Trinajstić information content (AvgIpc) is 3.06. The highest BCUT2D eigenvalue weighted by molar-refractivity contribution is 5.38. The van der Waals surface area contributed by atoms with Crippen LogP contribution in [0.5, 0.6) is 0 Å². The molecule has 4 rings (SSSR count). The molecule has 132 valence electrons. The molecule has 0 radical (unpaired) electrons. The van der Waals surface area contributed by atoms with Gasteiger partial charge in [0.1, 0.15) is 5.82 Å². The molecule has 1 spiro atoms. The number of likely N-dealkylation sites (tertiary alicyclic amines) is 1. The molecule has 1 atom stereocenters. The van der Waals surface area contributed by atoms with Crippen LogP contribution < -0.4 is 4.90 Å². The van der Waals surface area contributed by atoms with E-state index in [0.717, 1.165) is 5.56 Å². The quantitative estimate of drug-likeness (QED) is 0.856. The molecule has 0 bridgehead atoms. The van der Waals surface area contributed by atoms with E-state index in [1.165, 1.54) is 0 Å². The third-order valence-electron chi connectivity index (χ3n) is 5.40. The highest BCUT2D eigenvalue weighted by atomic mass is 19.3. The summed E-state index contributed by atoms with van der Waals surface area (Å²) in [6, 6.07) is 3.88. The van der Waals surface area contributed by atoms with Gasteiger partial charge in [0, 0.05) is 63.9 Å². The Kier molecular flexibility index (Phi) is 4.11. The number of rotatable bonds is 3. The molecule has 4 heterocycles. The van der Waals surface area contributed by atoms with Crippen LogP contribution in [0.25, 0.3) is 0 Å². The fourth-order valence-electron chi connectivity index (χ4n) is 4.02. The van der Waals surface area contributed by atoms with Gasteiger partial charge in [-0.25, -0.2) is 13.8 Å². The van der Waals surface area contributed by atoms with E-state index in [4.69, 9.17) is 0 Å². The largest absolute Gasteiger partial charge is 0.354 e. The van der Waals surface area contributed by atoms with Gasteiger partial charge in [-0.2, -0.15) is 0 Å². The number of pyridine rings is 1. The van der Waals surface area contributed by atoms with Crippen LogP contribution in [0.3, 0.4) is 0 Å². The third-order valence-corrected chi connectivity index (χ3v) is 5.40. The van der Waals surface area contributed by atoms with Crippen molar-refractivity contribution in [2.45, 2.75) is 25.3 Å². The van der Waals surface area contributed by atoms with E-state index in [0.29, 0.717) is 45.0 Å². The van der Waals surface area contributed by atoms with Crippen LogP contribution in [-0.4, -0.2) is 52.0 Å². The minimum Gasteiger partial charge on any atom is -0.354 e. The second kappa shape index (κ2) is 6.29. The Labute approximate surface area is 145 Å². The summed E-state index contributed by atoms with van der Waals surface area (Å²) in [5, 5.41) is 0. The summed E-state index contributed by atoms with van der Waals surface area (Å²) in [5.74, 6) is -1.98. The van der Waals surface area contributed by atoms with Crippen molar-refractivity contribution >= 4 is 5.82 Å². The lowest BCUT2D eigenvalue weighted by Gasteiger charge is -2.46. The highest BCUT2D eigenvalue weighted by Gasteiger charge is 2.59. The lowest BCUT2D eigenvalue weighted by Crippen LogP contribution is -2.56. The molecular weight excluding hydrogens is 324 g/mol. The van der Waals surface area contributed by atoms with Crippen LogP contribution in [0.4, 0.5) is 14.6 Å². The lowest BCUT2D eigenvalue weighted by molar-refractivity contribution is -0.158. The van der Waals surface area contributed by atoms with Crippen LogP contribution >= 0.6 is 0 Å². The van der Waals surface area contributed by atoms with Crippen molar-refractivity contribution in [3.8, 4) is 0 Å². The van der Waals surface area contributed by atoms with Crippen molar-refractivity contribution < 1.29 is 8.78 Å². The lowest BCUT2D eigenvalue weighted by atomic mass is 9.75. The SMILES string of the molecule is FC1(F)CCN(Cc2cccnc2)C[C@@]12CCN(c1cnccn1)C2. The molecule has 0 aromatic carbocycles. The number of piperidine rings is 1. The number of halogens is 2. The maximum absolute atomic E-state index is 14.9. The molecule has 2 saturated heterocycles. The van der Waals surface area contributed by atoms with E-state index in [1.807, 2.05) is 17.0 Å². The van der Waals surface area contributed by atoms with Gasteiger partial charge in [-0.1, -0.05) is 6.07 Å². The van der Waals surface area contributed by atoms with E-state index in [9.17, 15) is 8.78 Å². The summed E-state index contributed by atoms with van der Waals surface area (Å²) in [4.78, 5) is 16.5. The maximum Gasteiger partial charge on any atom is 0.257 e. The predicted octanol–water partition coefficient (Wildman–Crippen LogP) is 2.61. The molecule has 2 fully saturated rings. The summed E-state index contributed by atoms with van der Waals surface area (Å²) in [6.45, 7) is 2.38. The molecule has 0 N–H and O–H groups in total. The molecule has 0 aliphatic carbocycles. The summed E-state index contributed by atoms with van der Waals surface area (Å²) < 4.78 is 29.7. The van der Waals surface area contributed by atoms with Crippen molar-refractivity contribution in [1.29, 1.82) is 0 Å². The van der Waals surface area contributed by atoms with Gasteiger partial charge < -0.3 is 4.90 Å². The Morgan fingerprint density at radius 1 is 1.00 bits per heavy atom. The van der Waals surface area contributed by atoms with Crippen LogP contribution in [-0.2, 0) is 6.54 Å². The Morgan fingerprint density at radius 2 is 1.88 bits per heavy atom. The van der Waals surface area contributed by atoms with Gasteiger partial charge in [-0.3, -0.25) is 14.9 Å². The van der Waals surface area contributed by atoms with Gasteiger partial charge in [0.05, 0.1) is 11.6 Å². The van der Waals surface area contributed by atoms with Gasteiger partial charge in [-0.05, 0) is 18.1 Å². The number of alkyl halides is 2. The Balaban J connectivity index is 1.52. The van der Waals surface area contributed by atoms with Crippen molar-refractivity contribution in [2.24, 2.45) is 5.41 Å². The van der Waals surface area contributed by atoms with Crippen LogP contribution in [0.1, 0.15) is 18.4 Å². The molecule has 2 aliphatic heterocycles. The van der Waals surface area contributed by atoms with Crippen LogP contribution in [0.15, 0.2) is 43.1 Å². The smallest absolute Gasteiger partial charge is 0.257 e. The number of anilines is 1. The van der Waals surface area contributed by atoms with E-state index < -0.39 is 11.3 Å². The molecule has 25 heavy (non-hydrogen) atoms. The Hall–Kier alpha value is -2.15. The predicted molar refractivity (Wildman–Crippen MR) is 90.4 cm³/mol. The standard InChI is InChI=1S/C18H21F2N5/c19-18(20)4-8-24(12-15-2-1-5-21-10-15)13-17(18)3-9-25(14-17)16-11-22-6-7-23-16/h1-2,5-7,10-11H,3-4,8-9,12-14H2/t17-/m1/s1. The molecule has 2 aromatic rings. The normalized spacial score (nSPS) is 26.2. The van der Waals surface area contributed by atoms with Crippen LogP contribution in [0, 0.1) is 5.41 Å². The monoisotopic (exact) mass is 345 g/mol. The fourth-order valence-corrected chi connectivity index (χ4v) is 4.02. The van der Waals surface area contributed by atoms with Crippen LogP contribution in [0.2, 0.25) is 0 Å². The summed E-state index contributed by atoms with van der Waals surface area (Å²) in [6.07, 6.45) is 8.76. The average molecular weight is 345 g/mol. The number of hydrogen-bond acceptors (Lipinski definition) is 5. The molecule has 7 heteroatoms. The van der Waals surface area contributed by atoms with Crippen molar-refractivity contribution in [3.63, 3.8) is 0 Å². The van der Waals surface area contributed by atoms with E-state index >= 15 is 0 Å². The minimum absolute atomic E-state index is 0.0957. The van der Waals surface area contributed by atoms with E-state index in [2.05, 4.69) is 19.9 Å². The highest BCUT2D eigenvalue weighted by Crippen LogP contribution is 2.50. The fraction of sp³-hybridized carbons (Fsp3) is 0.500. The zero-order chi connectivity index (χ0) is 17.3. The zero-order valence-corrected chi connectivity index (χ0v) is 14.0. The Morgan fingerprint density at radius 3 is 2.64 bits per heavy atom. The molecule has 2 aliphatic rings. The van der Waals surface area contributed by atoms with Gasteiger partial charge in [0.15, 0.2) is 0 Å². The molecule has 0 unspecified atom stereocenters. The second-order valence-electron chi connectivity index (χ2n) is 7.04. The first-order valence-corrected chi connectivity index (χ1v) is 8.58.